The molecule has 0 saturated carbocycles. The Balaban J connectivity index is 1.35. The Morgan fingerprint density at radius 2 is 0.950 bits per heavy atom. The number of hydrogen-bond acceptors (Lipinski definition) is 1. The fourth-order valence-corrected chi connectivity index (χ4v) is 6.11. The molecule has 0 amide bonds. The van der Waals surface area contributed by atoms with Crippen molar-refractivity contribution in [2.75, 3.05) is 0 Å². The Kier molecular flexibility index (Phi) is 5.21. The number of benzene rings is 7. The maximum absolute atomic E-state index is 5.11. The van der Waals surface area contributed by atoms with E-state index >= 15 is 0 Å². The zero-order chi connectivity index (χ0) is 26.5. The van der Waals surface area contributed by atoms with Crippen LogP contribution in [0.25, 0.3) is 76.7 Å². The normalized spacial score (nSPS) is 11.5. The van der Waals surface area contributed by atoms with E-state index in [1.165, 1.54) is 60.0 Å². The summed E-state index contributed by atoms with van der Waals surface area (Å²) in [5.74, 6) is 0. The summed E-state index contributed by atoms with van der Waals surface area (Å²) in [5, 5.41) is 8.78. The van der Waals surface area contributed by atoms with Crippen LogP contribution in [0.15, 0.2) is 152 Å². The van der Waals surface area contributed by atoms with Gasteiger partial charge in [-0.2, -0.15) is 0 Å². The number of fused-ring (bicyclic) bond motifs is 6. The Bertz CT molecular complexity index is 2190. The Morgan fingerprint density at radius 3 is 1.73 bits per heavy atom. The summed E-state index contributed by atoms with van der Waals surface area (Å²) in [7, 11) is 0. The number of aromatic nitrogens is 1. The van der Waals surface area contributed by atoms with Crippen LogP contribution in [0.1, 0.15) is 0 Å². The molecular formula is C39H25N. The lowest BCUT2D eigenvalue weighted by Gasteiger charge is -2.14. The zero-order valence-electron chi connectivity index (χ0n) is 21.9. The van der Waals surface area contributed by atoms with Crippen LogP contribution >= 0.6 is 0 Å². The second kappa shape index (κ2) is 9.18. The second-order valence-electron chi connectivity index (χ2n) is 10.4. The molecule has 0 spiro atoms. The highest BCUT2D eigenvalue weighted by Gasteiger charge is 2.14. The van der Waals surface area contributed by atoms with Gasteiger partial charge in [-0.15, -0.1) is 0 Å². The van der Waals surface area contributed by atoms with Crippen LogP contribution in [0, 0.1) is 0 Å². The molecule has 0 fully saturated rings. The molecule has 1 heterocycles. The Labute approximate surface area is 233 Å². The standard InChI is InChI=1S/C39H25N/c1-2-11-29(12-3-1)38-25-36(39-32-15-7-4-10-26(32)22-23-37(39)40-38)28-20-18-27(19-21-28)35-24-30-13-5-6-14-31(30)33-16-8-9-17-34(33)35/h1-25H. The quantitative estimate of drug-likeness (QED) is 0.217. The number of hydrogen-bond donors (Lipinski definition) is 0. The van der Waals surface area contributed by atoms with Gasteiger partial charge in [0.2, 0.25) is 0 Å². The topological polar surface area (TPSA) is 12.9 Å². The SMILES string of the molecule is c1ccc(-c2cc(-c3ccc(-c4cc5ccccc5c5ccccc45)cc3)c3c(ccc4ccccc43)n2)cc1. The van der Waals surface area contributed by atoms with Crippen LogP contribution in [-0.4, -0.2) is 4.98 Å². The van der Waals surface area contributed by atoms with Gasteiger partial charge in [0.25, 0.3) is 0 Å². The minimum absolute atomic E-state index is 0.989. The summed E-state index contributed by atoms with van der Waals surface area (Å²) in [6.45, 7) is 0. The monoisotopic (exact) mass is 507 g/mol. The van der Waals surface area contributed by atoms with E-state index in [4.69, 9.17) is 4.98 Å². The molecule has 8 rings (SSSR count). The first-order valence-corrected chi connectivity index (χ1v) is 13.7. The van der Waals surface area contributed by atoms with Crippen molar-refractivity contribution in [2.24, 2.45) is 0 Å². The minimum Gasteiger partial charge on any atom is -0.248 e. The third-order valence-corrected chi connectivity index (χ3v) is 8.04. The number of pyridine rings is 1. The molecule has 0 radical (unpaired) electrons. The van der Waals surface area contributed by atoms with Crippen molar-refractivity contribution in [2.45, 2.75) is 0 Å². The fourth-order valence-electron chi connectivity index (χ4n) is 6.11. The molecule has 1 aromatic heterocycles. The lowest BCUT2D eigenvalue weighted by molar-refractivity contribution is 1.40. The lowest BCUT2D eigenvalue weighted by atomic mass is 9.91. The number of nitrogens with zero attached hydrogens (tertiary/aromatic N) is 1. The first-order chi connectivity index (χ1) is 19.8. The molecule has 0 unspecified atom stereocenters. The third kappa shape index (κ3) is 3.67. The molecule has 40 heavy (non-hydrogen) atoms. The Morgan fingerprint density at radius 1 is 0.350 bits per heavy atom. The summed E-state index contributed by atoms with van der Waals surface area (Å²) in [6.07, 6.45) is 0. The van der Waals surface area contributed by atoms with Gasteiger partial charge in [-0.3, -0.25) is 0 Å². The largest absolute Gasteiger partial charge is 0.248 e. The molecule has 0 aliphatic heterocycles. The van der Waals surface area contributed by atoms with Gasteiger partial charge < -0.3 is 0 Å². The molecule has 186 valence electrons. The molecule has 1 nitrogen and oxygen atoms in total. The van der Waals surface area contributed by atoms with Gasteiger partial charge >= 0.3 is 0 Å². The van der Waals surface area contributed by atoms with Crippen LogP contribution in [0.4, 0.5) is 0 Å². The van der Waals surface area contributed by atoms with E-state index in [9.17, 15) is 0 Å². The molecule has 7 aromatic carbocycles. The minimum atomic E-state index is 0.989. The molecule has 0 aliphatic carbocycles. The van der Waals surface area contributed by atoms with Gasteiger partial charge in [0.1, 0.15) is 0 Å². The van der Waals surface area contributed by atoms with E-state index in [2.05, 4.69) is 146 Å². The zero-order valence-corrected chi connectivity index (χ0v) is 21.9. The van der Waals surface area contributed by atoms with Gasteiger partial charge in [0, 0.05) is 10.9 Å². The predicted octanol–water partition coefficient (Wildman–Crippen LogP) is 10.7. The molecule has 8 aromatic rings. The van der Waals surface area contributed by atoms with E-state index in [-0.39, 0.29) is 0 Å². The van der Waals surface area contributed by atoms with Gasteiger partial charge in [-0.25, -0.2) is 4.98 Å². The maximum atomic E-state index is 5.11. The average molecular weight is 508 g/mol. The first kappa shape index (κ1) is 22.7. The van der Waals surface area contributed by atoms with E-state index in [1.54, 1.807) is 0 Å². The fraction of sp³-hybridized carbons (Fsp3) is 0. The summed E-state index contributed by atoms with van der Waals surface area (Å²) in [5.41, 5.74) is 8.00. The summed E-state index contributed by atoms with van der Waals surface area (Å²) in [4.78, 5) is 5.11. The Hall–Kier alpha value is -5.27. The van der Waals surface area contributed by atoms with E-state index in [0.29, 0.717) is 0 Å². The smallest absolute Gasteiger partial charge is 0.0722 e. The highest BCUT2D eigenvalue weighted by atomic mass is 14.7. The second-order valence-corrected chi connectivity index (χ2v) is 10.4. The molecular weight excluding hydrogens is 482 g/mol. The van der Waals surface area contributed by atoms with Gasteiger partial charge in [-0.1, -0.05) is 133 Å². The van der Waals surface area contributed by atoms with Crippen molar-refractivity contribution >= 4 is 43.2 Å². The maximum Gasteiger partial charge on any atom is 0.0722 e. The van der Waals surface area contributed by atoms with Gasteiger partial charge in [-0.05, 0) is 72.8 Å². The highest BCUT2D eigenvalue weighted by molar-refractivity contribution is 6.15. The first-order valence-electron chi connectivity index (χ1n) is 13.7. The van der Waals surface area contributed by atoms with Crippen LogP contribution < -0.4 is 0 Å². The molecule has 1 heteroatoms. The summed E-state index contributed by atoms with van der Waals surface area (Å²) >= 11 is 0. The van der Waals surface area contributed by atoms with Crippen molar-refractivity contribution in [1.29, 1.82) is 0 Å². The molecule has 0 saturated heterocycles. The van der Waals surface area contributed by atoms with Crippen molar-refractivity contribution in [3.8, 4) is 33.5 Å². The molecule has 0 N–H and O–H groups in total. The highest BCUT2D eigenvalue weighted by Crippen LogP contribution is 2.39. The summed E-state index contributed by atoms with van der Waals surface area (Å²) in [6, 6.07) is 54.4. The van der Waals surface area contributed by atoms with E-state index < -0.39 is 0 Å². The van der Waals surface area contributed by atoms with Crippen molar-refractivity contribution in [3.05, 3.63) is 152 Å². The van der Waals surface area contributed by atoms with Crippen molar-refractivity contribution in [1.82, 2.24) is 4.98 Å². The van der Waals surface area contributed by atoms with Crippen molar-refractivity contribution in [3.63, 3.8) is 0 Å². The van der Waals surface area contributed by atoms with Crippen LogP contribution in [0.5, 0.6) is 0 Å². The molecule has 0 bridgehead atoms. The summed E-state index contributed by atoms with van der Waals surface area (Å²) < 4.78 is 0. The van der Waals surface area contributed by atoms with Crippen LogP contribution in [0.2, 0.25) is 0 Å². The lowest BCUT2D eigenvalue weighted by Crippen LogP contribution is -1.91. The van der Waals surface area contributed by atoms with Crippen LogP contribution in [-0.2, 0) is 0 Å². The third-order valence-electron chi connectivity index (χ3n) is 8.04. The van der Waals surface area contributed by atoms with Gasteiger partial charge in [0.05, 0.1) is 11.2 Å². The van der Waals surface area contributed by atoms with Gasteiger partial charge in [0.15, 0.2) is 0 Å². The average Bonchev–Trinajstić information content (AvgIpc) is 3.04. The van der Waals surface area contributed by atoms with E-state index in [0.717, 1.165) is 16.8 Å². The number of rotatable bonds is 3. The van der Waals surface area contributed by atoms with E-state index in [1.807, 2.05) is 6.07 Å². The molecule has 0 atom stereocenters. The predicted molar refractivity (Wildman–Crippen MR) is 171 cm³/mol. The van der Waals surface area contributed by atoms with Crippen LogP contribution in [0.3, 0.4) is 0 Å². The van der Waals surface area contributed by atoms with Crippen molar-refractivity contribution < 1.29 is 0 Å². The molecule has 0 aliphatic rings.